The molecular formula is C29H32N2O6S. The van der Waals surface area contributed by atoms with Gasteiger partial charge in [0.15, 0.2) is 16.3 Å². The van der Waals surface area contributed by atoms with Crippen LogP contribution in [0.25, 0.3) is 6.08 Å². The van der Waals surface area contributed by atoms with Crippen LogP contribution in [0.5, 0.6) is 17.2 Å². The lowest BCUT2D eigenvalue weighted by atomic mass is 9.96. The fourth-order valence-electron chi connectivity index (χ4n) is 4.17. The zero-order valence-corrected chi connectivity index (χ0v) is 23.0. The molecule has 2 aromatic carbocycles. The Labute approximate surface area is 225 Å². The van der Waals surface area contributed by atoms with Crippen molar-refractivity contribution in [3.05, 3.63) is 84.5 Å². The van der Waals surface area contributed by atoms with Gasteiger partial charge < -0.3 is 19.3 Å². The van der Waals surface area contributed by atoms with E-state index < -0.39 is 12.0 Å². The normalized spacial score (nSPS) is 15.3. The van der Waals surface area contributed by atoms with Crippen molar-refractivity contribution < 1.29 is 24.1 Å². The molecule has 200 valence electrons. The van der Waals surface area contributed by atoms with Crippen LogP contribution in [0.4, 0.5) is 0 Å². The molecule has 0 amide bonds. The van der Waals surface area contributed by atoms with E-state index in [0.717, 1.165) is 5.56 Å². The van der Waals surface area contributed by atoms with Crippen molar-refractivity contribution in [2.45, 2.75) is 40.7 Å². The van der Waals surface area contributed by atoms with Crippen LogP contribution in [0, 0.1) is 5.92 Å². The second-order valence-corrected chi connectivity index (χ2v) is 10.2. The molecule has 0 saturated carbocycles. The van der Waals surface area contributed by atoms with E-state index in [4.69, 9.17) is 14.2 Å². The molecule has 0 radical (unpaired) electrons. The molecule has 0 aliphatic carbocycles. The highest BCUT2D eigenvalue weighted by molar-refractivity contribution is 7.07. The highest BCUT2D eigenvalue weighted by Gasteiger charge is 2.33. The van der Waals surface area contributed by atoms with E-state index in [0.29, 0.717) is 50.9 Å². The van der Waals surface area contributed by atoms with E-state index in [-0.39, 0.29) is 23.8 Å². The van der Waals surface area contributed by atoms with Gasteiger partial charge in [-0.05, 0) is 68.2 Å². The third kappa shape index (κ3) is 5.67. The molecule has 2 heterocycles. The van der Waals surface area contributed by atoms with Gasteiger partial charge in [-0.25, -0.2) is 9.79 Å². The lowest BCUT2D eigenvalue weighted by Gasteiger charge is -2.25. The van der Waals surface area contributed by atoms with Crippen molar-refractivity contribution in [1.82, 2.24) is 4.57 Å². The van der Waals surface area contributed by atoms with Crippen LogP contribution >= 0.6 is 11.3 Å². The number of rotatable bonds is 9. The minimum Gasteiger partial charge on any atom is -0.504 e. The summed E-state index contributed by atoms with van der Waals surface area (Å²) in [4.78, 5) is 32.2. The molecule has 0 spiro atoms. The summed E-state index contributed by atoms with van der Waals surface area (Å²) >= 11 is 1.24. The topological polar surface area (TPSA) is 99.4 Å². The number of phenols is 1. The van der Waals surface area contributed by atoms with Gasteiger partial charge in [0.2, 0.25) is 0 Å². The molecule has 0 saturated heterocycles. The average Bonchev–Trinajstić information content (AvgIpc) is 3.18. The molecule has 1 aliphatic rings. The number of carbonyl (C=O) groups excluding carboxylic acids is 1. The van der Waals surface area contributed by atoms with Crippen molar-refractivity contribution >= 4 is 23.4 Å². The smallest absolute Gasteiger partial charge is 0.338 e. The van der Waals surface area contributed by atoms with E-state index in [2.05, 4.69) is 4.99 Å². The maximum absolute atomic E-state index is 13.8. The zero-order chi connectivity index (χ0) is 27.4. The standard InChI is InChI=1S/C29H32N2O6S/c1-6-35-21-11-9-20(10-12-21)26-25(28(34)37-16-17(3)4)18(5)30-29-31(26)27(33)24(38-29)15-19-8-13-22(32)23(14-19)36-7-2/h8-15,17,26,32H,6-7,16H2,1-5H3. The minimum absolute atomic E-state index is 0.0288. The number of hydrogen-bond donors (Lipinski definition) is 1. The van der Waals surface area contributed by atoms with E-state index in [1.54, 1.807) is 29.7 Å². The Bertz CT molecular complexity index is 1530. The Morgan fingerprint density at radius 2 is 1.84 bits per heavy atom. The lowest BCUT2D eigenvalue weighted by molar-refractivity contribution is -0.140. The molecule has 1 aliphatic heterocycles. The van der Waals surface area contributed by atoms with Gasteiger partial charge in [0, 0.05) is 0 Å². The first kappa shape index (κ1) is 27.2. The summed E-state index contributed by atoms with van der Waals surface area (Å²) in [6.07, 6.45) is 1.73. The second-order valence-electron chi connectivity index (χ2n) is 9.24. The van der Waals surface area contributed by atoms with Gasteiger partial charge in [-0.15, -0.1) is 0 Å². The molecule has 9 heteroatoms. The first-order valence-corrected chi connectivity index (χ1v) is 13.4. The van der Waals surface area contributed by atoms with E-state index >= 15 is 0 Å². The number of ether oxygens (including phenoxy) is 3. The van der Waals surface area contributed by atoms with Gasteiger partial charge in [-0.3, -0.25) is 9.36 Å². The molecule has 1 N–H and O–H groups in total. The predicted molar refractivity (Wildman–Crippen MR) is 146 cm³/mol. The number of benzene rings is 2. The number of esters is 1. The Kier molecular flexibility index (Phi) is 8.36. The summed E-state index contributed by atoms with van der Waals surface area (Å²) in [6.45, 7) is 10.6. The number of fused-ring (bicyclic) bond motifs is 1. The molecule has 1 atom stereocenters. The summed E-state index contributed by atoms with van der Waals surface area (Å²) in [5.74, 6) is 0.740. The third-order valence-corrected chi connectivity index (χ3v) is 6.86. The zero-order valence-electron chi connectivity index (χ0n) is 22.2. The summed E-state index contributed by atoms with van der Waals surface area (Å²) in [5.41, 5.74) is 2.00. The van der Waals surface area contributed by atoms with Gasteiger partial charge in [0.25, 0.3) is 5.56 Å². The Balaban J connectivity index is 1.86. The molecule has 0 fully saturated rings. The molecule has 0 bridgehead atoms. The van der Waals surface area contributed by atoms with Crippen molar-refractivity contribution in [2.75, 3.05) is 19.8 Å². The number of hydrogen-bond acceptors (Lipinski definition) is 8. The Morgan fingerprint density at radius 3 is 2.50 bits per heavy atom. The second kappa shape index (κ2) is 11.7. The number of nitrogens with zero attached hydrogens (tertiary/aromatic N) is 2. The molecule has 38 heavy (non-hydrogen) atoms. The molecule has 1 unspecified atom stereocenters. The highest BCUT2D eigenvalue weighted by atomic mass is 32.1. The molecule has 3 aromatic rings. The Hall–Kier alpha value is -3.85. The monoisotopic (exact) mass is 536 g/mol. The molecule has 8 nitrogen and oxygen atoms in total. The van der Waals surface area contributed by atoms with E-state index in [1.165, 1.54) is 17.4 Å². The van der Waals surface area contributed by atoms with Gasteiger partial charge >= 0.3 is 5.97 Å². The van der Waals surface area contributed by atoms with Crippen LogP contribution in [-0.4, -0.2) is 35.5 Å². The van der Waals surface area contributed by atoms with Gasteiger partial charge in [0.05, 0.1) is 41.7 Å². The summed E-state index contributed by atoms with van der Waals surface area (Å²) in [7, 11) is 0. The van der Waals surface area contributed by atoms with Gasteiger partial charge in [-0.1, -0.05) is 43.4 Å². The maximum Gasteiger partial charge on any atom is 0.338 e. The highest BCUT2D eigenvalue weighted by Crippen LogP contribution is 2.32. The fourth-order valence-corrected chi connectivity index (χ4v) is 5.22. The van der Waals surface area contributed by atoms with Crippen molar-refractivity contribution in [3.8, 4) is 17.2 Å². The van der Waals surface area contributed by atoms with Crippen molar-refractivity contribution in [1.29, 1.82) is 0 Å². The molecule has 4 rings (SSSR count). The Morgan fingerprint density at radius 1 is 1.13 bits per heavy atom. The first-order valence-electron chi connectivity index (χ1n) is 12.6. The number of thiazole rings is 1. The number of phenolic OH excluding ortho intramolecular Hbond substituents is 1. The van der Waals surface area contributed by atoms with Crippen LogP contribution in [0.3, 0.4) is 0 Å². The average molecular weight is 537 g/mol. The first-order chi connectivity index (χ1) is 18.2. The maximum atomic E-state index is 13.8. The number of aromatic nitrogens is 1. The SMILES string of the molecule is CCOc1ccc(C2C(C(=O)OCC(C)C)=C(C)N=c3sc(=Cc4ccc(O)c(OCC)c4)c(=O)n32)cc1. The van der Waals surface area contributed by atoms with Crippen LogP contribution in [0.1, 0.15) is 51.8 Å². The fraction of sp³-hybridized carbons (Fsp3) is 0.345. The quantitative estimate of drug-likeness (QED) is 0.416. The van der Waals surface area contributed by atoms with Gasteiger partial charge in [0.1, 0.15) is 5.75 Å². The van der Waals surface area contributed by atoms with E-state index in [9.17, 15) is 14.7 Å². The van der Waals surface area contributed by atoms with Crippen molar-refractivity contribution in [3.63, 3.8) is 0 Å². The number of carbonyl (C=O) groups is 1. The van der Waals surface area contributed by atoms with Crippen LogP contribution in [0.15, 0.2) is 63.5 Å². The van der Waals surface area contributed by atoms with Crippen LogP contribution in [-0.2, 0) is 9.53 Å². The van der Waals surface area contributed by atoms with Crippen LogP contribution in [0.2, 0.25) is 0 Å². The van der Waals surface area contributed by atoms with Crippen molar-refractivity contribution in [2.24, 2.45) is 10.9 Å². The molecular weight excluding hydrogens is 504 g/mol. The predicted octanol–water partition coefficient (Wildman–Crippen LogP) is 3.94. The minimum atomic E-state index is -0.706. The molecule has 1 aromatic heterocycles. The third-order valence-electron chi connectivity index (χ3n) is 5.88. The summed E-state index contributed by atoms with van der Waals surface area (Å²) < 4.78 is 18.7. The lowest BCUT2D eigenvalue weighted by Crippen LogP contribution is -2.40. The largest absolute Gasteiger partial charge is 0.504 e. The summed E-state index contributed by atoms with van der Waals surface area (Å²) in [6, 6.07) is 11.6. The van der Waals surface area contributed by atoms with Gasteiger partial charge in [-0.2, -0.15) is 0 Å². The van der Waals surface area contributed by atoms with Crippen LogP contribution < -0.4 is 24.4 Å². The summed E-state index contributed by atoms with van der Waals surface area (Å²) in [5, 5.41) is 10.0. The van der Waals surface area contributed by atoms with E-state index in [1.807, 2.05) is 52.0 Å². The number of aromatic hydroxyl groups is 1. The number of allylic oxidation sites excluding steroid dienone is 1.